The van der Waals surface area contributed by atoms with Crippen molar-refractivity contribution >= 4 is 21.9 Å². The van der Waals surface area contributed by atoms with Crippen LogP contribution in [0.5, 0.6) is 11.5 Å². The fourth-order valence-electron chi connectivity index (χ4n) is 3.23. The molecule has 0 unspecified atom stereocenters. The van der Waals surface area contributed by atoms with Crippen LogP contribution in [0.3, 0.4) is 0 Å². The van der Waals surface area contributed by atoms with Gasteiger partial charge in [0.25, 0.3) is 0 Å². The van der Waals surface area contributed by atoms with Crippen LogP contribution in [0.25, 0.3) is 21.9 Å². The van der Waals surface area contributed by atoms with Crippen molar-refractivity contribution < 1.29 is 39.4 Å². The lowest BCUT2D eigenvalue weighted by Crippen LogP contribution is -2.60. The third-order valence-corrected chi connectivity index (χ3v) is 4.75. The van der Waals surface area contributed by atoms with Crippen LogP contribution in [0, 0.1) is 0 Å². The van der Waals surface area contributed by atoms with Crippen molar-refractivity contribution in [2.75, 3.05) is 6.61 Å². The first-order valence-electron chi connectivity index (χ1n) is 8.56. The number of aliphatic hydroxyl groups is 4. The third kappa shape index (κ3) is 2.99. The molecule has 9 heteroatoms. The first-order chi connectivity index (χ1) is 13.4. The standard InChI is InChI=1S/C19H18O9/c20-7-13-16(23)17(24)18(25)19(28-13)26-8-4-5-11-9(6-8)15(22)14-10(21)2-1-3-12(14)27-11/h1-6,13,16-21,23-25H,7H2/t13-,16-,17-,18-,19-/m0/s1. The highest BCUT2D eigenvalue weighted by molar-refractivity contribution is 5.93. The molecule has 4 rings (SSSR count). The Labute approximate surface area is 157 Å². The van der Waals surface area contributed by atoms with Crippen molar-refractivity contribution in [1.82, 2.24) is 0 Å². The zero-order valence-corrected chi connectivity index (χ0v) is 14.4. The minimum absolute atomic E-state index is 0.0278. The molecule has 1 aromatic heterocycles. The van der Waals surface area contributed by atoms with Crippen LogP contribution in [-0.4, -0.2) is 62.8 Å². The van der Waals surface area contributed by atoms with E-state index in [0.29, 0.717) is 0 Å². The molecule has 0 saturated carbocycles. The highest BCUT2D eigenvalue weighted by Crippen LogP contribution is 2.29. The molecule has 5 atom stereocenters. The number of ether oxygens (including phenoxy) is 2. The van der Waals surface area contributed by atoms with E-state index in [4.69, 9.17) is 13.9 Å². The number of aliphatic hydroxyl groups excluding tert-OH is 4. The fourth-order valence-corrected chi connectivity index (χ4v) is 3.23. The lowest BCUT2D eigenvalue weighted by molar-refractivity contribution is -0.277. The topological polar surface area (TPSA) is 150 Å². The van der Waals surface area contributed by atoms with Gasteiger partial charge in [0.1, 0.15) is 52.5 Å². The number of rotatable bonds is 3. The molecular formula is C19H18O9. The Morgan fingerprint density at radius 1 is 1.00 bits per heavy atom. The highest BCUT2D eigenvalue weighted by Gasteiger charge is 2.44. The maximum absolute atomic E-state index is 12.7. The summed E-state index contributed by atoms with van der Waals surface area (Å²) in [6.07, 6.45) is -7.16. The number of phenolic OH excluding ortho intramolecular Hbond substituents is 1. The third-order valence-electron chi connectivity index (χ3n) is 4.75. The van der Waals surface area contributed by atoms with E-state index in [1.54, 1.807) is 12.1 Å². The van der Waals surface area contributed by atoms with Crippen LogP contribution in [-0.2, 0) is 4.74 Å². The summed E-state index contributed by atoms with van der Waals surface area (Å²) in [5.74, 6) is -0.0905. The molecular weight excluding hydrogens is 372 g/mol. The number of hydrogen-bond acceptors (Lipinski definition) is 9. The number of aromatic hydroxyl groups is 1. The molecule has 5 N–H and O–H groups in total. The smallest absolute Gasteiger partial charge is 0.229 e. The number of hydrogen-bond donors (Lipinski definition) is 5. The van der Waals surface area contributed by atoms with E-state index in [9.17, 15) is 30.3 Å². The Bertz CT molecular complexity index is 1070. The average molecular weight is 390 g/mol. The molecule has 148 valence electrons. The van der Waals surface area contributed by atoms with E-state index in [0.717, 1.165) is 0 Å². The Balaban J connectivity index is 1.72. The van der Waals surface area contributed by atoms with Gasteiger partial charge in [-0.1, -0.05) is 6.07 Å². The van der Waals surface area contributed by atoms with Crippen LogP contribution in [0.2, 0.25) is 0 Å². The molecule has 28 heavy (non-hydrogen) atoms. The predicted molar refractivity (Wildman–Crippen MR) is 96.1 cm³/mol. The summed E-state index contributed by atoms with van der Waals surface area (Å²) in [7, 11) is 0. The van der Waals surface area contributed by atoms with Crippen LogP contribution >= 0.6 is 0 Å². The van der Waals surface area contributed by atoms with Gasteiger partial charge in [-0.2, -0.15) is 0 Å². The Morgan fingerprint density at radius 2 is 1.79 bits per heavy atom. The van der Waals surface area contributed by atoms with Gasteiger partial charge in [-0.05, 0) is 30.3 Å². The number of benzene rings is 2. The molecule has 0 aliphatic carbocycles. The van der Waals surface area contributed by atoms with Crippen molar-refractivity contribution in [3.8, 4) is 11.5 Å². The maximum Gasteiger partial charge on any atom is 0.229 e. The molecule has 1 fully saturated rings. The normalized spacial score (nSPS) is 27.9. The summed E-state index contributed by atoms with van der Waals surface area (Å²) < 4.78 is 16.5. The Hall–Kier alpha value is -2.69. The predicted octanol–water partition coefficient (Wildman–Crippen LogP) is -0.169. The largest absolute Gasteiger partial charge is 0.507 e. The zero-order valence-electron chi connectivity index (χ0n) is 14.4. The lowest BCUT2D eigenvalue weighted by atomic mass is 9.99. The highest BCUT2D eigenvalue weighted by atomic mass is 16.7. The molecule has 1 aliphatic rings. The van der Waals surface area contributed by atoms with Crippen molar-refractivity contribution in [2.24, 2.45) is 0 Å². The van der Waals surface area contributed by atoms with Crippen molar-refractivity contribution in [2.45, 2.75) is 30.7 Å². The van der Waals surface area contributed by atoms with Gasteiger partial charge in [0.05, 0.1) is 12.0 Å². The van der Waals surface area contributed by atoms with Gasteiger partial charge in [0, 0.05) is 0 Å². The summed E-state index contributed by atoms with van der Waals surface area (Å²) in [6, 6.07) is 8.81. The number of fused-ring (bicyclic) bond motifs is 2. The summed E-state index contributed by atoms with van der Waals surface area (Å²) in [6.45, 7) is -0.586. The zero-order chi connectivity index (χ0) is 20.0. The lowest BCUT2D eigenvalue weighted by Gasteiger charge is -2.39. The van der Waals surface area contributed by atoms with Crippen molar-refractivity contribution in [3.63, 3.8) is 0 Å². The van der Waals surface area contributed by atoms with E-state index in [-0.39, 0.29) is 33.4 Å². The van der Waals surface area contributed by atoms with E-state index in [1.807, 2.05) is 0 Å². The van der Waals surface area contributed by atoms with Gasteiger partial charge >= 0.3 is 0 Å². The molecule has 0 spiro atoms. The summed E-state index contributed by atoms with van der Waals surface area (Å²) >= 11 is 0. The molecule has 1 aliphatic heterocycles. The van der Waals surface area contributed by atoms with Gasteiger partial charge in [0.2, 0.25) is 11.7 Å². The average Bonchev–Trinajstić information content (AvgIpc) is 2.69. The van der Waals surface area contributed by atoms with Gasteiger partial charge < -0.3 is 39.4 Å². The van der Waals surface area contributed by atoms with E-state index >= 15 is 0 Å². The Kier molecular flexibility index (Phi) is 4.69. The molecule has 0 bridgehead atoms. The van der Waals surface area contributed by atoms with Gasteiger partial charge in [0.15, 0.2) is 0 Å². The first kappa shape index (κ1) is 18.7. The summed E-state index contributed by atoms with van der Waals surface area (Å²) in [4.78, 5) is 12.7. The van der Waals surface area contributed by atoms with Crippen molar-refractivity contribution in [3.05, 3.63) is 46.6 Å². The van der Waals surface area contributed by atoms with E-state index < -0.39 is 42.7 Å². The van der Waals surface area contributed by atoms with E-state index in [1.165, 1.54) is 24.3 Å². The monoisotopic (exact) mass is 390 g/mol. The van der Waals surface area contributed by atoms with Gasteiger partial charge in [-0.15, -0.1) is 0 Å². The SMILES string of the molecule is O=c1c2cc(O[C@H]3O[C@@H](CO)[C@H](O)[C@H](O)[C@@H]3O)ccc2oc2cccc(O)c12. The van der Waals surface area contributed by atoms with Crippen LogP contribution in [0.4, 0.5) is 0 Å². The van der Waals surface area contributed by atoms with Crippen LogP contribution < -0.4 is 10.2 Å². The van der Waals surface area contributed by atoms with Crippen LogP contribution in [0.1, 0.15) is 0 Å². The second-order valence-corrected chi connectivity index (χ2v) is 6.55. The molecule has 2 aromatic carbocycles. The Morgan fingerprint density at radius 3 is 2.54 bits per heavy atom. The minimum Gasteiger partial charge on any atom is -0.507 e. The summed E-state index contributed by atoms with van der Waals surface area (Å²) in [5, 5.41) is 49.1. The van der Waals surface area contributed by atoms with Gasteiger partial charge in [-0.3, -0.25) is 4.79 Å². The minimum atomic E-state index is -1.58. The van der Waals surface area contributed by atoms with Crippen LogP contribution in [0.15, 0.2) is 45.6 Å². The molecule has 1 saturated heterocycles. The summed E-state index contributed by atoms with van der Waals surface area (Å²) in [5.41, 5.74) is 0.0398. The van der Waals surface area contributed by atoms with Gasteiger partial charge in [-0.25, -0.2) is 0 Å². The van der Waals surface area contributed by atoms with Crippen molar-refractivity contribution in [1.29, 1.82) is 0 Å². The quantitative estimate of drug-likeness (QED) is 0.384. The second-order valence-electron chi connectivity index (χ2n) is 6.55. The maximum atomic E-state index is 12.7. The molecule has 0 amide bonds. The fraction of sp³-hybridized carbons (Fsp3) is 0.316. The first-order valence-corrected chi connectivity index (χ1v) is 8.56. The molecule has 0 radical (unpaired) electrons. The second kappa shape index (κ2) is 7.04. The molecule has 2 heterocycles. The van der Waals surface area contributed by atoms with E-state index in [2.05, 4.69) is 0 Å². The molecule has 3 aromatic rings. The number of phenols is 1. The molecule has 9 nitrogen and oxygen atoms in total.